The first-order chi connectivity index (χ1) is 17.4. The summed E-state index contributed by atoms with van der Waals surface area (Å²) >= 11 is 0. The zero-order valence-corrected chi connectivity index (χ0v) is 21.9. The van der Waals surface area contributed by atoms with Crippen molar-refractivity contribution in [1.29, 1.82) is 0 Å². The molecule has 0 saturated carbocycles. The topological polar surface area (TPSA) is 0 Å². The highest BCUT2D eigenvalue weighted by molar-refractivity contribution is 6.11. The van der Waals surface area contributed by atoms with Crippen LogP contribution in [0.5, 0.6) is 0 Å². The van der Waals surface area contributed by atoms with Gasteiger partial charge in [-0.2, -0.15) is 0 Å². The second kappa shape index (κ2) is 6.80. The quantitative estimate of drug-likeness (QED) is 0.344. The maximum atomic E-state index is 2.61. The molecular formula is C36H34. The Bertz CT molecular complexity index is 1730. The molecule has 0 saturated heterocycles. The van der Waals surface area contributed by atoms with Crippen LogP contribution in [0.2, 0.25) is 0 Å². The van der Waals surface area contributed by atoms with Crippen molar-refractivity contribution in [3.8, 4) is 11.1 Å². The van der Waals surface area contributed by atoms with Gasteiger partial charge in [0.2, 0.25) is 0 Å². The molecule has 3 aromatic carbocycles. The van der Waals surface area contributed by atoms with E-state index in [1.54, 1.807) is 27.8 Å². The number of allylic oxidation sites excluding steroid dienone is 6. The maximum absolute atomic E-state index is 2.61. The molecule has 0 amide bonds. The molecule has 2 unspecified atom stereocenters. The molecule has 0 aliphatic heterocycles. The SMILES string of the molecule is CC1(C)C2=C3c4c(cc(-c5cccc6c5=CCCC=6)c5cccc1c45)C(C)(C)C3CC1CC=CC=C21. The van der Waals surface area contributed by atoms with Gasteiger partial charge >= 0.3 is 0 Å². The summed E-state index contributed by atoms with van der Waals surface area (Å²) in [7, 11) is 0. The van der Waals surface area contributed by atoms with E-state index in [-0.39, 0.29) is 10.8 Å². The molecule has 0 heterocycles. The van der Waals surface area contributed by atoms with Crippen molar-refractivity contribution in [3.63, 3.8) is 0 Å². The van der Waals surface area contributed by atoms with Crippen molar-refractivity contribution in [2.75, 3.05) is 0 Å². The Morgan fingerprint density at radius 3 is 2.58 bits per heavy atom. The summed E-state index contributed by atoms with van der Waals surface area (Å²) in [5.41, 5.74) is 12.6. The van der Waals surface area contributed by atoms with Crippen LogP contribution in [0.4, 0.5) is 0 Å². The van der Waals surface area contributed by atoms with Crippen LogP contribution in [0, 0.1) is 11.8 Å². The van der Waals surface area contributed by atoms with Crippen molar-refractivity contribution in [2.45, 2.75) is 64.2 Å². The van der Waals surface area contributed by atoms with E-state index in [0.717, 1.165) is 12.8 Å². The number of rotatable bonds is 1. The molecule has 3 aromatic rings. The fourth-order valence-electron chi connectivity index (χ4n) is 8.59. The van der Waals surface area contributed by atoms with Crippen molar-refractivity contribution >= 4 is 28.5 Å². The Kier molecular flexibility index (Phi) is 3.97. The fourth-order valence-corrected chi connectivity index (χ4v) is 8.59. The molecule has 2 atom stereocenters. The average molecular weight is 467 g/mol. The smallest absolute Gasteiger partial charge is 0.0158 e. The third-order valence-electron chi connectivity index (χ3n) is 10.3. The van der Waals surface area contributed by atoms with Crippen LogP contribution < -0.4 is 10.4 Å². The minimum Gasteiger partial charge on any atom is -0.0839 e. The van der Waals surface area contributed by atoms with Crippen LogP contribution in [-0.2, 0) is 10.8 Å². The summed E-state index contributed by atoms with van der Waals surface area (Å²) in [6, 6.07) is 16.7. The lowest BCUT2D eigenvalue weighted by molar-refractivity contribution is 0.332. The Morgan fingerprint density at radius 2 is 1.69 bits per heavy atom. The first kappa shape index (κ1) is 21.0. The van der Waals surface area contributed by atoms with Crippen LogP contribution in [0.15, 0.2) is 71.8 Å². The minimum atomic E-state index is 0.00209. The Hall–Kier alpha value is -3.12. The van der Waals surface area contributed by atoms with E-state index in [2.05, 4.69) is 101 Å². The summed E-state index contributed by atoms with van der Waals surface area (Å²) in [5.74, 6) is 1.24. The molecule has 5 aliphatic carbocycles. The molecule has 0 fully saturated rings. The Labute approximate surface area is 214 Å². The number of fused-ring (bicyclic) bond motifs is 3. The van der Waals surface area contributed by atoms with Crippen LogP contribution in [0.25, 0.3) is 39.6 Å². The van der Waals surface area contributed by atoms with Crippen molar-refractivity contribution < 1.29 is 0 Å². The lowest BCUT2D eigenvalue weighted by atomic mass is 9.57. The molecule has 0 bridgehead atoms. The lowest BCUT2D eigenvalue weighted by Crippen LogP contribution is -2.36. The summed E-state index contributed by atoms with van der Waals surface area (Å²) in [6.07, 6.45) is 16.8. The van der Waals surface area contributed by atoms with Gasteiger partial charge in [0, 0.05) is 5.41 Å². The van der Waals surface area contributed by atoms with Gasteiger partial charge in [0.1, 0.15) is 0 Å². The molecule has 5 aliphatic rings. The lowest BCUT2D eigenvalue weighted by Gasteiger charge is -2.46. The van der Waals surface area contributed by atoms with Crippen LogP contribution in [-0.4, -0.2) is 0 Å². The molecule has 8 rings (SSSR count). The molecule has 0 aromatic heterocycles. The third kappa shape index (κ3) is 2.41. The van der Waals surface area contributed by atoms with Gasteiger partial charge in [-0.05, 0) is 115 Å². The highest BCUT2D eigenvalue weighted by Gasteiger charge is 2.54. The zero-order chi connectivity index (χ0) is 24.4. The normalized spacial score (nSPS) is 25.6. The second-order valence-corrected chi connectivity index (χ2v) is 12.8. The number of benzene rings is 3. The van der Waals surface area contributed by atoms with E-state index in [9.17, 15) is 0 Å². The van der Waals surface area contributed by atoms with Gasteiger partial charge in [-0.25, -0.2) is 0 Å². The van der Waals surface area contributed by atoms with Gasteiger partial charge < -0.3 is 0 Å². The first-order valence-corrected chi connectivity index (χ1v) is 13.9. The standard InChI is InChI=1S/C36H34/c1-35(2)29-19-22-12-6-8-15-24(22)34-33(29)32-30(35)20-27(25-16-9-13-21-11-5-7-14-23(21)25)26-17-10-18-28(31(26)32)36(34,3)4/h6,8-11,13-18,20,22,29H,5,7,12,19H2,1-4H3. The second-order valence-electron chi connectivity index (χ2n) is 12.8. The van der Waals surface area contributed by atoms with E-state index in [4.69, 9.17) is 0 Å². The van der Waals surface area contributed by atoms with Crippen LogP contribution in [0.1, 0.15) is 70.1 Å². The van der Waals surface area contributed by atoms with Crippen molar-refractivity contribution in [1.82, 2.24) is 0 Å². The van der Waals surface area contributed by atoms with Gasteiger partial charge in [-0.3, -0.25) is 0 Å². The highest BCUT2D eigenvalue weighted by Crippen LogP contribution is 2.66. The van der Waals surface area contributed by atoms with Gasteiger partial charge in [0.25, 0.3) is 0 Å². The zero-order valence-electron chi connectivity index (χ0n) is 21.9. The molecule has 0 nitrogen and oxygen atoms in total. The van der Waals surface area contributed by atoms with E-state index >= 15 is 0 Å². The van der Waals surface area contributed by atoms with Gasteiger partial charge in [-0.1, -0.05) is 94.5 Å². The minimum absolute atomic E-state index is 0.00209. The van der Waals surface area contributed by atoms with Crippen LogP contribution in [0.3, 0.4) is 0 Å². The predicted molar refractivity (Wildman–Crippen MR) is 153 cm³/mol. The third-order valence-corrected chi connectivity index (χ3v) is 10.3. The van der Waals surface area contributed by atoms with Crippen molar-refractivity contribution in [2.24, 2.45) is 11.8 Å². The Morgan fingerprint density at radius 1 is 0.861 bits per heavy atom. The largest absolute Gasteiger partial charge is 0.0839 e. The van der Waals surface area contributed by atoms with Gasteiger partial charge in [0.05, 0.1) is 0 Å². The number of hydrogen-bond donors (Lipinski definition) is 0. The maximum Gasteiger partial charge on any atom is 0.0158 e. The van der Waals surface area contributed by atoms with E-state index in [1.165, 1.54) is 50.7 Å². The summed E-state index contributed by atoms with van der Waals surface area (Å²) in [6.45, 7) is 10.1. The molecule has 0 spiro atoms. The van der Waals surface area contributed by atoms with E-state index < -0.39 is 0 Å². The number of hydrogen-bond acceptors (Lipinski definition) is 0. The molecular weight excluding hydrogens is 432 g/mol. The van der Waals surface area contributed by atoms with Gasteiger partial charge in [0.15, 0.2) is 0 Å². The fraction of sp³-hybridized carbons (Fsp3) is 0.333. The molecule has 36 heavy (non-hydrogen) atoms. The summed E-state index contributed by atoms with van der Waals surface area (Å²) in [5, 5.41) is 5.81. The van der Waals surface area contributed by atoms with Crippen molar-refractivity contribution in [3.05, 3.63) is 99.0 Å². The first-order valence-electron chi connectivity index (χ1n) is 13.9. The molecule has 0 radical (unpaired) electrons. The monoisotopic (exact) mass is 466 g/mol. The molecule has 178 valence electrons. The van der Waals surface area contributed by atoms with E-state index in [0.29, 0.717) is 11.8 Å². The summed E-state index contributed by atoms with van der Waals surface area (Å²) < 4.78 is 0. The predicted octanol–water partition coefficient (Wildman–Crippen LogP) is 7.72. The van der Waals surface area contributed by atoms with Crippen LogP contribution >= 0.6 is 0 Å². The van der Waals surface area contributed by atoms with Gasteiger partial charge in [-0.15, -0.1) is 0 Å². The highest BCUT2D eigenvalue weighted by atomic mass is 14.6. The molecule has 0 heteroatoms. The Balaban J connectivity index is 1.56. The summed E-state index contributed by atoms with van der Waals surface area (Å²) in [4.78, 5) is 0. The molecule has 0 N–H and O–H groups in total. The average Bonchev–Trinajstić information content (AvgIpc) is 3.11. The van der Waals surface area contributed by atoms with E-state index in [1.807, 2.05) is 0 Å².